The molecule has 7 nitrogen and oxygen atoms in total. The van der Waals surface area contributed by atoms with Crippen LogP contribution in [0.5, 0.6) is 5.75 Å². The van der Waals surface area contributed by atoms with Crippen molar-refractivity contribution in [1.29, 1.82) is 0 Å². The van der Waals surface area contributed by atoms with Crippen molar-refractivity contribution in [3.05, 3.63) is 87.4 Å². The van der Waals surface area contributed by atoms with E-state index in [-0.39, 0.29) is 70.5 Å². The van der Waals surface area contributed by atoms with E-state index < -0.39 is 21.0 Å². The summed E-state index contributed by atoms with van der Waals surface area (Å²) in [4.78, 5) is 26.6. The first-order valence-corrected chi connectivity index (χ1v) is 12.9. The van der Waals surface area contributed by atoms with Gasteiger partial charge in [-0.05, 0) is 42.3 Å². The van der Waals surface area contributed by atoms with Gasteiger partial charge in [-0.3, -0.25) is 9.59 Å². The molecule has 3 aromatic rings. The van der Waals surface area contributed by atoms with E-state index in [9.17, 15) is 22.6 Å². The molecule has 4 rings (SSSR count). The third-order valence-corrected chi connectivity index (χ3v) is 6.80. The molecule has 1 aliphatic rings. The standard InChI is InChI=1S/C26H19Cl2NO6S.Na/c27-21-14-20(36(32,33)34)15-22(28)26(21)35-25(31)11-5-10-24(30)29-16-19-8-2-1-6-17(19)12-13-18-7-3-4-9-23(18)29;/h1-4,6-9,14-15H,5,10-11,16H2,(H,32,33,34);/q;+1/p-1. The maximum Gasteiger partial charge on any atom is 1.00 e. The van der Waals surface area contributed by atoms with Gasteiger partial charge in [-0.15, -0.1) is 0 Å². The molecule has 184 valence electrons. The zero-order valence-corrected chi connectivity index (χ0v) is 24.0. The van der Waals surface area contributed by atoms with Gasteiger partial charge in [-0.1, -0.05) is 65.4 Å². The number of fused-ring (bicyclic) bond motifs is 2. The maximum atomic E-state index is 13.2. The molecule has 0 spiro atoms. The van der Waals surface area contributed by atoms with Crippen LogP contribution in [0.4, 0.5) is 5.69 Å². The minimum atomic E-state index is -4.78. The second-order valence-electron chi connectivity index (χ2n) is 7.90. The number of hydrogen-bond acceptors (Lipinski definition) is 6. The van der Waals surface area contributed by atoms with Gasteiger partial charge in [-0.25, -0.2) is 8.42 Å². The number of hydrogen-bond donors (Lipinski definition) is 0. The number of benzene rings is 3. The summed E-state index contributed by atoms with van der Waals surface area (Å²) in [5, 5.41) is -0.586. The molecule has 0 saturated heterocycles. The van der Waals surface area contributed by atoms with Crippen LogP contribution in [-0.2, 0) is 26.3 Å². The van der Waals surface area contributed by atoms with Crippen molar-refractivity contribution >= 4 is 50.9 Å². The van der Waals surface area contributed by atoms with E-state index >= 15 is 0 Å². The summed E-state index contributed by atoms with van der Waals surface area (Å²) in [7, 11) is -4.78. The molecule has 0 N–H and O–H groups in total. The summed E-state index contributed by atoms with van der Waals surface area (Å²) in [5.74, 6) is 5.14. The number of esters is 1. The molecule has 0 atom stereocenters. The van der Waals surface area contributed by atoms with Crippen LogP contribution in [0.3, 0.4) is 0 Å². The summed E-state index contributed by atoms with van der Waals surface area (Å²) in [6.07, 6.45) is 0.131. The SMILES string of the molecule is O=C(CCCC(=O)N1Cc2ccccc2C#Cc2ccccc21)Oc1c(Cl)cc(S(=O)(=O)[O-])cc1Cl.[Na+]. The van der Waals surface area contributed by atoms with E-state index in [2.05, 4.69) is 11.8 Å². The molecule has 1 aliphatic heterocycles. The topological polar surface area (TPSA) is 104 Å². The minimum absolute atomic E-state index is 0. The molecular formula is C26H18Cl2NNaO6S. The number of para-hydroxylation sites is 1. The molecule has 0 aliphatic carbocycles. The Morgan fingerprint density at radius 3 is 2.22 bits per heavy atom. The largest absolute Gasteiger partial charge is 1.00 e. The smallest absolute Gasteiger partial charge is 0.744 e. The van der Waals surface area contributed by atoms with E-state index in [0.29, 0.717) is 12.2 Å². The van der Waals surface area contributed by atoms with Crippen molar-refractivity contribution in [3.63, 3.8) is 0 Å². The normalized spacial score (nSPS) is 12.0. The van der Waals surface area contributed by atoms with Crippen LogP contribution in [0, 0.1) is 11.8 Å². The van der Waals surface area contributed by atoms with Gasteiger partial charge in [0.2, 0.25) is 5.91 Å². The van der Waals surface area contributed by atoms with Gasteiger partial charge in [0.05, 0.1) is 27.2 Å². The first-order valence-electron chi connectivity index (χ1n) is 10.8. The first-order chi connectivity index (χ1) is 17.1. The Bertz CT molecular complexity index is 1510. The van der Waals surface area contributed by atoms with Gasteiger partial charge in [0.15, 0.2) is 5.75 Å². The van der Waals surface area contributed by atoms with Gasteiger partial charge < -0.3 is 14.2 Å². The number of rotatable bonds is 6. The summed E-state index contributed by atoms with van der Waals surface area (Å²) in [6, 6.07) is 16.7. The van der Waals surface area contributed by atoms with Crippen LogP contribution in [0.15, 0.2) is 65.6 Å². The zero-order chi connectivity index (χ0) is 25.9. The third kappa shape index (κ3) is 7.15. The fraction of sp³-hybridized carbons (Fsp3) is 0.154. The number of anilines is 1. The predicted molar refractivity (Wildman–Crippen MR) is 134 cm³/mol. The quantitative estimate of drug-likeness (QED) is 0.149. The van der Waals surface area contributed by atoms with E-state index in [1.165, 1.54) is 0 Å². The molecule has 1 heterocycles. The van der Waals surface area contributed by atoms with Gasteiger partial charge >= 0.3 is 35.5 Å². The van der Waals surface area contributed by atoms with Crippen molar-refractivity contribution < 1.29 is 56.9 Å². The Morgan fingerprint density at radius 1 is 0.946 bits per heavy atom. The Hall–Kier alpha value is -2.35. The Kier molecular flexibility index (Phi) is 9.84. The van der Waals surface area contributed by atoms with Crippen molar-refractivity contribution in [2.24, 2.45) is 0 Å². The van der Waals surface area contributed by atoms with E-state index in [1.807, 2.05) is 48.5 Å². The van der Waals surface area contributed by atoms with Gasteiger partial charge in [0.1, 0.15) is 10.1 Å². The van der Waals surface area contributed by atoms with Crippen molar-refractivity contribution in [1.82, 2.24) is 0 Å². The van der Waals surface area contributed by atoms with Crippen LogP contribution >= 0.6 is 23.2 Å². The molecule has 37 heavy (non-hydrogen) atoms. The van der Waals surface area contributed by atoms with Gasteiger partial charge in [0, 0.05) is 24.0 Å². The summed E-state index contributed by atoms with van der Waals surface area (Å²) in [6.45, 7) is 0.339. The molecule has 0 fully saturated rings. The summed E-state index contributed by atoms with van der Waals surface area (Å²) in [5.41, 5.74) is 3.18. The van der Waals surface area contributed by atoms with Crippen molar-refractivity contribution in [2.45, 2.75) is 30.7 Å². The second kappa shape index (κ2) is 12.5. The van der Waals surface area contributed by atoms with Crippen LogP contribution in [0.25, 0.3) is 0 Å². The second-order valence-corrected chi connectivity index (χ2v) is 10.1. The van der Waals surface area contributed by atoms with Gasteiger partial charge in [0.25, 0.3) is 0 Å². The van der Waals surface area contributed by atoms with E-state index in [4.69, 9.17) is 27.9 Å². The fourth-order valence-electron chi connectivity index (χ4n) is 3.67. The Balaban J connectivity index is 0.00000380. The molecular weight excluding hydrogens is 548 g/mol. The fourth-order valence-corrected chi connectivity index (χ4v) is 4.89. The maximum absolute atomic E-state index is 13.2. The number of ether oxygens (including phenoxy) is 1. The number of halogens is 2. The molecule has 0 unspecified atom stereocenters. The van der Waals surface area contributed by atoms with Crippen LogP contribution < -0.4 is 39.2 Å². The van der Waals surface area contributed by atoms with Crippen molar-refractivity contribution in [2.75, 3.05) is 4.90 Å². The third-order valence-electron chi connectivity index (χ3n) is 5.42. The summed E-state index contributed by atoms with van der Waals surface area (Å²) >= 11 is 11.9. The van der Waals surface area contributed by atoms with Crippen LogP contribution in [0.2, 0.25) is 10.0 Å². The molecule has 3 aromatic carbocycles. The van der Waals surface area contributed by atoms with Crippen LogP contribution in [-0.4, -0.2) is 24.8 Å². The zero-order valence-electron chi connectivity index (χ0n) is 19.7. The predicted octanol–water partition coefficient (Wildman–Crippen LogP) is 1.92. The Morgan fingerprint density at radius 2 is 1.54 bits per heavy atom. The number of amides is 1. The number of carbonyl (C=O) groups is 2. The molecule has 1 amide bonds. The molecule has 0 aromatic heterocycles. The molecule has 0 bridgehead atoms. The number of nitrogens with zero attached hydrogens (tertiary/aromatic N) is 1. The van der Waals surface area contributed by atoms with E-state index in [1.54, 1.807) is 4.90 Å². The molecule has 11 heteroatoms. The number of carbonyl (C=O) groups excluding carboxylic acids is 2. The summed E-state index contributed by atoms with van der Waals surface area (Å²) < 4.78 is 38.7. The first kappa shape index (κ1) is 29.2. The minimum Gasteiger partial charge on any atom is -0.744 e. The molecule has 0 saturated carbocycles. The Labute approximate surface area is 246 Å². The average molecular weight is 566 g/mol. The molecule has 0 radical (unpaired) electrons. The average Bonchev–Trinajstić information content (AvgIpc) is 2.82. The van der Waals surface area contributed by atoms with Crippen molar-refractivity contribution in [3.8, 4) is 17.6 Å². The van der Waals surface area contributed by atoms with Crippen LogP contribution in [0.1, 0.15) is 36.0 Å². The monoisotopic (exact) mass is 565 g/mol. The van der Waals surface area contributed by atoms with E-state index in [0.717, 1.165) is 28.8 Å². The van der Waals surface area contributed by atoms with Gasteiger partial charge in [-0.2, -0.15) is 0 Å².